The summed E-state index contributed by atoms with van der Waals surface area (Å²) in [5, 5.41) is 26.1. The number of unbranched alkanes of at least 4 members (excludes halogenated alkanes) is 1. The number of thioether (sulfide) groups is 1. The number of thiophene rings is 2. The molecule has 0 radical (unpaired) electrons. The van der Waals surface area contributed by atoms with Crippen molar-refractivity contribution in [2.24, 2.45) is 31.3 Å². The molecule has 0 saturated carbocycles. The first kappa shape index (κ1) is 58.3. The van der Waals surface area contributed by atoms with Crippen molar-refractivity contribution >= 4 is 123 Å². The molecule has 3 aromatic heterocycles. The summed E-state index contributed by atoms with van der Waals surface area (Å²) in [4.78, 5) is 45.8. The van der Waals surface area contributed by atoms with Crippen molar-refractivity contribution in [3.05, 3.63) is 51.2 Å². The number of ketones is 2. The number of carbonyl (C=O) groups is 2. The molecular weight excluding hydrogens is 1060 g/mol. The summed E-state index contributed by atoms with van der Waals surface area (Å²) in [6.45, 7) is 21.0. The number of fused-ring (bicyclic) bond motifs is 2. The third kappa shape index (κ3) is 14.5. The molecule has 75 heavy (non-hydrogen) atoms. The van der Waals surface area contributed by atoms with E-state index in [1.165, 1.54) is 23.1 Å². The van der Waals surface area contributed by atoms with E-state index in [0.29, 0.717) is 71.3 Å². The number of nitrogens with zero attached hydrogens (tertiary/aromatic N) is 9. The molecule has 0 bridgehead atoms. The van der Waals surface area contributed by atoms with Gasteiger partial charge < -0.3 is 29.9 Å². The number of carbonyl (C=O) groups excluding carboxylic acids is 2. The van der Waals surface area contributed by atoms with E-state index in [9.17, 15) is 22.6 Å². The van der Waals surface area contributed by atoms with E-state index in [1.807, 2.05) is 52.0 Å². The molecule has 0 aliphatic heterocycles. The maximum atomic E-state index is 13.3. The van der Waals surface area contributed by atoms with Gasteiger partial charge in [0, 0.05) is 56.9 Å². The number of nitrogens with one attached hydrogen (secondary N) is 2. The van der Waals surface area contributed by atoms with Gasteiger partial charge in [-0.1, -0.05) is 52.8 Å². The molecule has 0 atom stereocenters. The standard InChI is InChI=1S/C49H63N11O7S4.O3S/c1-12-17-18-68-47-53-45(50-30-20-34(59(13-2)14-3)38(66-10)22-32(30)55-57-40-19-28-24-48(6,7)26-36(61)41(28)69-40)52-46(54-47)51-31-21-35(60(15-4)16-5)39(67-11)23-33(31)56-58-44-43(71(63,64)65)29-25-49(8,9)27-37(62)42(29)70-44;1-4(2)3/h19-23H,12-18,24-27H2,1-11H3,(H,63,64,65)(H2,50,51,52,53,54);. The summed E-state index contributed by atoms with van der Waals surface area (Å²) in [6.07, 6.45) is 3.63. The fourth-order valence-electron chi connectivity index (χ4n) is 8.85. The van der Waals surface area contributed by atoms with Gasteiger partial charge in [-0.2, -0.15) is 23.4 Å². The minimum absolute atomic E-state index is 0.116. The Morgan fingerprint density at radius 1 is 0.707 bits per heavy atom. The molecule has 2 aromatic carbocycles. The molecule has 0 amide bonds. The van der Waals surface area contributed by atoms with Gasteiger partial charge in [0.1, 0.15) is 32.8 Å². The average Bonchev–Trinajstić information content (AvgIpc) is 3.92. The van der Waals surface area contributed by atoms with E-state index in [2.05, 4.69) is 70.4 Å². The van der Waals surface area contributed by atoms with E-state index in [4.69, 9.17) is 42.2 Å². The monoisotopic (exact) mass is 1130 g/mol. The van der Waals surface area contributed by atoms with Crippen LogP contribution in [0.25, 0.3) is 0 Å². The van der Waals surface area contributed by atoms with E-state index < -0.39 is 31.0 Å². The quantitative estimate of drug-likeness (QED) is 0.0266. The Balaban J connectivity index is 0.00000220. The van der Waals surface area contributed by atoms with E-state index in [0.717, 1.165) is 58.2 Å². The number of aromatic nitrogens is 3. The van der Waals surface area contributed by atoms with Gasteiger partial charge in [0.05, 0.1) is 46.7 Å². The van der Waals surface area contributed by atoms with Crippen molar-refractivity contribution < 1.29 is 44.7 Å². The second kappa shape index (κ2) is 24.8. The number of benzene rings is 2. The molecule has 0 spiro atoms. The third-order valence-electron chi connectivity index (χ3n) is 12.2. The normalized spacial score (nSPS) is 14.8. The molecule has 3 heterocycles. The van der Waals surface area contributed by atoms with Crippen molar-refractivity contribution in [3.63, 3.8) is 0 Å². The number of methoxy groups -OCH3 is 2. The minimum atomic E-state index is -4.81. The second-order valence-corrected chi connectivity index (χ2v) is 23.9. The van der Waals surface area contributed by atoms with E-state index in [1.54, 1.807) is 20.3 Å². The van der Waals surface area contributed by atoms with Gasteiger partial charge >= 0.3 is 10.6 Å². The van der Waals surface area contributed by atoms with Gasteiger partial charge in [0.15, 0.2) is 21.7 Å². The topological polar surface area (TPSA) is 277 Å². The highest BCUT2D eigenvalue weighted by Gasteiger charge is 2.39. The van der Waals surface area contributed by atoms with Crippen LogP contribution < -0.4 is 29.9 Å². The largest absolute Gasteiger partial charge is 0.494 e. The molecule has 2 aliphatic carbocycles. The summed E-state index contributed by atoms with van der Waals surface area (Å²) < 4.78 is 73.5. The van der Waals surface area contributed by atoms with Gasteiger partial charge in [-0.05, 0) is 87.1 Å². The molecule has 3 N–H and O–H groups in total. The lowest BCUT2D eigenvalue weighted by molar-refractivity contribution is 0.0907. The number of rotatable bonds is 21. The Hall–Kier alpha value is -5.93. The molecule has 0 unspecified atom stereocenters. The molecule has 5 aromatic rings. The Kier molecular flexibility index (Phi) is 19.3. The van der Waals surface area contributed by atoms with Crippen LogP contribution in [0.5, 0.6) is 11.5 Å². The van der Waals surface area contributed by atoms with Crippen molar-refractivity contribution in [2.45, 2.75) is 111 Å². The first-order chi connectivity index (χ1) is 35.5. The predicted molar refractivity (Wildman–Crippen MR) is 295 cm³/mol. The van der Waals surface area contributed by atoms with E-state index >= 15 is 0 Å². The third-order valence-corrected chi connectivity index (χ3v) is 16.5. The van der Waals surface area contributed by atoms with Crippen LogP contribution in [0.4, 0.5) is 56.0 Å². The van der Waals surface area contributed by atoms with Gasteiger partial charge in [-0.3, -0.25) is 14.1 Å². The summed E-state index contributed by atoms with van der Waals surface area (Å²) in [6, 6.07) is 9.21. The summed E-state index contributed by atoms with van der Waals surface area (Å²) in [5.41, 5.74) is 3.73. The zero-order valence-electron chi connectivity index (χ0n) is 43.9. The van der Waals surface area contributed by atoms with Gasteiger partial charge in [-0.15, -0.1) is 55.8 Å². The zero-order valence-corrected chi connectivity index (χ0v) is 47.9. The summed E-state index contributed by atoms with van der Waals surface area (Å²) in [7, 11) is -4.76. The number of azo groups is 2. The summed E-state index contributed by atoms with van der Waals surface area (Å²) >= 11 is 3.71. The van der Waals surface area contributed by atoms with Crippen LogP contribution >= 0.6 is 34.4 Å². The molecule has 26 heteroatoms. The first-order valence-corrected chi connectivity index (χ1v) is 29.3. The van der Waals surface area contributed by atoms with Crippen molar-refractivity contribution in [2.75, 3.05) is 66.6 Å². The predicted octanol–water partition coefficient (Wildman–Crippen LogP) is 12.5. The van der Waals surface area contributed by atoms with Crippen molar-refractivity contribution in [1.82, 2.24) is 15.0 Å². The molecular formula is C49H63N11O10S5. The van der Waals surface area contributed by atoms with Crippen molar-refractivity contribution in [1.29, 1.82) is 0 Å². The van der Waals surface area contributed by atoms with Crippen LogP contribution in [0.15, 0.2) is 60.8 Å². The van der Waals surface area contributed by atoms with Crippen LogP contribution in [-0.4, -0.2) is 98.3 Å². The lowest BCUT2D eigenvalue weighted by Crippen LogP contribution is -2.26. The van der Waals surface area contributed by atoms with E-state index in [-0.39, 0.29) is 62.8 Å². The van der Waals surface area contributed by atoms with Crippen LogP contribution in [0, 0.1) is 10.8 Å². The van der Waals surface area contributed by atoms with Crippen molar-refractivity contribution in [3.8, 4) is 11.5 Å². The summed E-state index contributed by atoms with van der Waals surface area (Å²) in [5.74, 6) is 2.06. The number of Topliss-reactive ketones (excluding diaryl/α,β-unsaturated/α-hetero) is 2. The zero-order chi connectivity index (χ0) is 55.0. The van der Waals surface area contributed by atoms with Gasteiger partial charge in [-0.25, -0.2) is 0 Å². The Morgan fingerprint density at radius 3 is 1.68 bits per heavy atom. The van der Waals surface area contributed by atoms with Crippen LogP contribution in [-0.2, 0) is 33.6 Å². The average molecular weight is 1130 g/mol. The molecule has 21 nitrogen and oxygen atoms in total. The second-order valence-electron chi connectivity index (χ2n) is 19.1. The number of hydrogen-bond acceptors (Lipinski definition) is 23. The molecule has 2 aliphatic rings. The highest BCUT2D eigenvalue weighted by atomic mass is 32.2. The SMILES string of the molecule is CCCCSc1nc(Nc2cc(N(CC)CC)c(OC)cc2N=Nc2cc3c(s2)C(=O)CC(C)(C)C3)nc(Nc2cc(N(CC)CC)c(OC)cc2N=Nc2sc3c(c2S(=O)(=O)O)CC(C)(C)CC3=O)n1.O=S(=O)=O. The molecule has 7 rings (SSSR count). The fraction of sp³-hybridized carbons (Fsp3) is 0.490. The van der Waals surface area contributed by atoms with Crippen LogP contribution in [0.2, 0.25) is 0 Å². The van der Waals surface area contributed by atoms with Crippen LogP contribution in [0.3, 0.4) is 0 Å². The maximum Gasteiger partial charge on any atom is 0.425 e. The Labute approximate surface area is 451 Å². The molecule has 0 fully saturated rings. The fourth-order valence-corrected chi connectivity index (χ4v) is 12.9. The minimum Gasteiger partial charge on any atom is -0.494 e. The highest BCUT2D eigenvalue weighted by Crippen LogP contribution is 2.49. The highest BCUT2D eigenvalue weighted by molar-refractivity contribution is 7.99. The molecule has 0 saturated heterocycles. The number of ether oxygens (including phenoxy) is 2. The van der Waals surface area contributed by atoms with Gasteiger partial charge in [0.2, 0.25) is 11.9 Å². The maximum absolute atomic E-state index is 13.3. The first-order valence-electron chi connectivity index (χ1n) is 24.3. The number of anilines is 6. The lowest BCUT2D eigenvalue weighted by atomic mass is 9.76. The smallest absolute Gasteiger partial charge is 0.425 e. The lowest BCUT2D eigenvalue weighted by Gasteiger charge is -2.28. The Bertz CT molecular complexity index is 3220. The van der Waals surface area contributed by atoms with Gasteiger partial charge in [0.25, 0.3) is 10.1 Å². The Morgan fingerprint density at radius 2 is 1.20 bits per heavy atom. The number of hydrogen-bond donors (Lipinski definition) is 3. The van der Waals surface area contributed by atoms with Crippen LogP contribution in [0.1, 0.15) is 118 Å². The molecule has 404 valence electrons.